The maximum Gasteiger partial charge on any atom is 0.306 e. The summed E-state index contributed by atoms with van der Waals surface area (Å²) >= 11 is 0. The molecule has 0 aliphatic carbocycles. The van der Waals surface area contributed by atoms with Gasteiger partial charge in [-0.25, -0.2) is 0 Å². The minimum atomic E-state index is -0.454. The summed E-state index contributed by atoms with van der Waals surface area (Å²) in [5, 5.41) is 5.35. The van der Waals surface area contributed by atoms with Crippen molar-refractivity contribution in [2.45, 2.75) is 39.2 Å². The lowest BCUT2D eigenvalue weighted by atomic mass is 9.88. The second-order valence-corrected chi connectivity index (χ2v) is 6.03. The van der Waals surface area contributed by atoms with E-state index in [-0.39, 0.29) is 18.1 Å². The first-order chi connectivity index (χ1) is 11.9. The van der Waals surface area contributed by atoms with E-state index in [1.54, 1.807) is 26.2 Å². The van der Waals surface area contributed by atoms with Gasteiger partial charge in [0.1, 0.15) is 0 Å². The summed E-state index contributed by atoms with van der Waals surface area (Å²) in [6.45, 7) is 5.64. The lowest BCUT2D eigenvalue weighted by Gasteiger charge is -2.19. The first-order valence-corrected chi connectivity index (χ1v) is 8.05. The number of rotatable bonds is 7. The summed E-state index contributed by atoms with van der Waals surface area (Å²) in [7, 11) is 2.88. The van der Waals surface area contributed by atoms with E-state index in [4.69, 9.17) is 14.2 Å². The van der Waals surface area contributed by atoms with Gasteiger partial charge in [0.15, 0.2) is 11.5 Å². The third-order valence-corrected chi connectivity index (χ3v) is 3.91. The molecule has 0 aliphatic heterocycles. The number of carbonyl (C=O) groups is 1. The van der Waals surface area contributed by atoms with Crippen LogP contribution in [0, 0.1) is 6.92 Å². The van der Waals surface area contributed by atoms with Crippen molar-refractivity contribution in [3.8, 4) is 11.5 Å². The molecule has 0 amide bonds. The molecule has 25 heavy (non-hydrogen) atoms. The minimum Gasteiger partial charge on any atom is -0.493 e. The lowest BCUT2D eigenvalue weighted by molar-refractivity contribution is -0.140. The molecule has 1 heterocycles. The number of nitrogens with one attached hydrogen (secondary N) is 2. The molecule has 0 fully saturated rings. The zero-order chi connectivity index (χ0) is 18.6. The summed E-state index contributed by atoms with van der Waals surface area (Å²) in [5.74, 6) is 0.305. The molecule has 0 radical (unpaired) electrons. The van der Waals surface area contributed by atoms with Crippen LogP contribution in [-0.4, -0.2) is 36.5 Å². The number of benzene rings is 1. The van der Waals surface area contributed by atoms with Gasteiger partial charge in [0.2, 0.25) is 0 Å². The Bertz CT molecular complexity index is 791. The molecule has 1 atom stereocenters. The van der Waals surface area contributed by atoms with Gasteiger partial charge in [-0.1, -0.05) is 6.07 Å². The molecule has 1 aromatic heterocycles. The van der Waals surface area contributed by atoms with Crippen molar-refractivity contribution < 1.29 is 19.0 Å². The van der Waals surface area contributed by atoms with E-state index in [0.717, 1.165) is 5.56 Å². The molecule has 136 valence electrons. The third-order valence-electron chi connectivity index (χ3n) is 3.91. The van der Waals surface area contributed by atoms with Crippen molar-refractivity contribution >= 4 is 5.97 Å². The van der Waals surface area contributed by atoms with Gasteiger partial charge in [-0.2, -0.15) is 0 Å². The van der Waals surface area contributed by atoms with E-state index in [1.165, 1.54) is 7.11 Å². The predicted molar refractivity (Wildman–Crippen MR) is 93.4 cm³/mol. The molecular weight excluding hydrogens is 324 g/mol. The fourth-order valence-corrected chi connectivity index (χ4v) is 2.76. The SMILES string of the molecule is COC(=O)C[C@@H](c1ccc(OC(C)C)c(OC)c1)c1c(C)[nH][nH]c1=O. The summed E-state index contributed by atoms with van der Waals surface area (Å²) in [6.07, 6.45) is 0.0478. The van der Waals surface area contributed by atoms with E-state index < -0.39 is 11.9 Å². The quantitative estimate of drug-likeness (QED) is 0.750. The highest BCUT2D eigenvalue weighted by atomic mass is 16.5. The maximum absolute atomic E-state index is 12.2. The summed E-state index contributed by atoms with van der Waals surface area (Å²) in [5.41, 5.74) is 1.70. The van der Waals surface area contributed by atoms with E-state index in [2.05, 4.69) is 10.2 Å². The molecule has 0 saturated heterocycles. The van der Waals surface area contributed by atoms with Gasteiger partial charge < -0.3 is 19.3 Å². The van der Waals surface area contributed by atoms with Crippen LogP contribution in [-0.2, 0) is 9.53 Å². The second-order valence-electron chi connectivity index (χ2n) is 6.03. The average Bonchev–Trinajstić information content (AvgIpc) is 2.91. The number of ether oxygens (including phenoxy) is 3. The van der Waals surface area contributed by atoms with Crippen LogP contribution in [0.4, 0.5) is 0 Å². The van der Waals surface area contributed by atoms with E-state index in [0.29, 0.717) is 22.8 Å². The summed E-state index contributed by atoms with van der Waals surface area (Å²) in [4.78, 5) is 24.1. The number of methoxy groups -OCH3 is 2. The normalized spacial score (nSPS) is 12.1. The smallest absolute Gasteiger partial charge is 0.306 e. The van der Waals surface area contributed by atoms with Crippen molar-refractivity contribution in [2.24, 2.45) is 0 Å². The lowest BCUT2D eigenvalue weighted by Crippen LogP contribution is -2.17. The van der Waals surface area contributed by atoms with Crippen LogP contribution in [0.2, 0.25) is 0 Å². The highest BCUT2D eigenvalue weighted by Gasteiger charge is 2.25. The number of esters is 1. The molecule has 7 heteroatoms. The van der Waals surface area contributed by atoms with Crippen LogP contribution < -0.4 is 15.0 Å². The molecular formula is C18H24N2O5. The van der Waals surface area contributed by atoms with E-state index in [1.807, 2.05) is 19.9 Å². The molecule has 0 unspecified atom stereocenters. The molecule has 0 spiro atoms. The Morgan fingerprint density at radius 3 is 2.40 bits per heavy atom. The Morgan fingerprint density at radius 1 is 1.16 bits per heavy atom. The monoisotopic (exact) mass is 348 g/mol. The summed E-state index contributed by atoms with van der Waals surface area (Å²) in [6, 6.07) is 5.41. The maximum atomic E-state index is 12.2. The number of aromatic amines is 2. The number of carbonyl (C=O) groups excluding carboxylic acids is 1. The van der Waals surface area contributed by atoms with Gasteiger partial charge in [-0.05, 0) is 38.5 Å². The highest BCUT2D eigenvalue weighted by Crippen LogP contribution is 2.35. The fourth-order valence-electron chi connectivity index (χ4n) is 2.76. The molecule has 0 bridgehead atoms. The number of aromatic nitrogens is 2. The topological polar surface area (TPSA) is 93.4 Å². The Morgan fingerprint density at radius 2 is 1.88 bits per heavy atom. The zero-order valence-electron chi connectivity index (χ0n) is 15.1. The zero-order valence-corrected chi connectivity index (χ0v) is 15.1. The minimum absolute atomic E-state index is 0.000351. The van der Waals surface area contributed by atoms with Crippen LogP contribution in [0.15, 0.2) is 23.0 Å². The van der Waals surface area contributed by atoms with Crippen molar-refractivity contribution in [1.29, 1.82) is 0 Å². The highest BCUT2D eigenvalue weighted by molar-refractivity contribution is 5.71. The number of hydrogen-bond donors (Lipinski definition) is 2. The average molecular weight is 348 g/mol. The number of aryl methyl sites for hydroxylation is 1. The summed E-state index contributed by atoms with van der Waals surface area (Å²) < 4.78 is 15.9. The fraction of sp³-hybridized carbons (Fsp3) is 0.444. The van der Waals surface area contributed by atoms with Crippen LogP contribution in [0.25, 0.3) is 0 Å². The van der Waals surface area contributed by atoms with E-state index in [9.17, 15) is 9.59 Å². The van der Waals surface area contributed by atoms with Crippen LogP contribution in [0.5, 0.6) is 11.5 Å². The first-order valence-electron chi connectivity index (χ1n) is 8.05. The largest absolute Gasteiger partial charge is 0.493 e. The molecule has 1 aromatic carbocycles. The number of H-pyrrole nitrogens is 2. The van der Waals surface area contributed by atoms with Gasteiger partial charge in [0, 0.05) is 17.2 Å². The molecule has 2 rings (SSSR count). The van der Waals surface area contributed by atoms with Crippen LogP contribution >= 0.6 is 0 Å². The van der Waals surface area contributed by atoms with Crippen molar-refractivity contribution in [3.63, 3.8) is 0 Å². The van der Waals surface area contributed by atoms with Crippen molar-refractivity contribution in [3.05, 3.63) is 45.4 Å². The van der Waals surface area contributed by atoms with Crippen molar-refractivity contribution in [1.82, 2.24) is 10.2 Å². The Balaban J connectivity index is 2.50. The third kappa shape index (κ3) is 4.23. The molecule has 2 aromatic rings. The Kier molecular flexibility index (Phi) is 5.90. The number of hydrogen-bond acceptors (Lipinski definition) is 5. The van der Waals surface area contributed by atoms with Gasteiger partial charge in [-0.15, -0.1) is 0 Å². The Labute approximate surface area is 146 Å². The van der Waals surface area contributed by atoms with Crippen molar-refractivity contribution in [2.75, 3.05) is 14.2 Å². The van der Waals surface area contributed by atoms with Crippen LogP contribution in [0.1, 0.15) is 43.0 Å². The van der Waals surface area contributed by atoms with Crippen LogP contribution in [0.3, 0.4) is 0 Å². The predicted octanol–water partition coefficient (Wildman–Crippen LogP) is 2.50. The molecule has 0 saturated carbocycles. The first kappa shape index (κ1) is 18.6. The van der Waals surface area contributed by atoms with Gasteiger partial charge >= 0.3 is 5.97 Å². The Hall–Kier alpha value is -2.70. The van der Waals surface area contributed by atoms with Gasteiger partial charge in [-0.3, -0.25) is 14.7 Å². The second kappa shape index (κ2) is 7.92. The van der Waals surface area contributed by atoms with Gasteiger partial charge in [0.25, 0.3) is 5.56 Å². The molecule has 0 aliphatic rings. The standard InChI is InChI=1S/C18H24N2O5/c1-10(2)25-14-7-6-12(8-15(14)23-4)13(9-16(21)24-5)17-11(3)19-20-18(17)22/h6-8,10,13H,9H2,1-5H3,(H2,19,20,22)/t13-/m0/s1. The molecule has 7 nitrogen and oxygen atoms in total. The van der Waals surface area contributed by atoms with E-state index >= 15 is 0 Å². The van der Waals surface area contributed by atoms with Gasteiger partial charge in [0.05, 0.1) is 26.7 Å². The molecule has 2 N–H and O–H groups in total.